The zero-order valence-corrected chi connectivity index (χ0v) is 17.0. The lowest BCUT2D eigenvalue weighted by Crippen LogP contribution is -2.57. The van der Waals surface area contributed by atoms with Crippen molar-refractivity contribution in [1.82, 2.24) is 16.0 Å². The molecule has 0 aromatic carbocycles. The number of primary amides is 1. The fourth-order valence-electron chi connectivity index (χ4n) is 2.04. The minimum absolute atomic E-state index is 0.145. The molecule has 3 atom stereocenters. The van der Waals surface area contributed by atoms with Gasteiger partial charge >= 0.3 is 5.97 Å². The van der Waals surface area contributed by atoms with Gasteiger partial charge in [-0.05, 0) is 24.3 Å². The number of carboxylic acids is 1. The predicted octanol–water partition coefficient (Wildman–Crippen LogP) is -2.23. The van der Waals surface area contributed by atoms with Crippen LogP contribution in [0.5, 0.6) is 0 Å². The van der Waals surface area contributed by atoms with Crippen LogP contribution in [0.2, 0.25) is 0 Å². The third kappa shape index (κ3) is 10.1. The second-order valence-electron chi connectivity index (χ2n) is 6.46. The van der Waals surface area contributed by atoms with Crippen LogP contribution in [-0.4, -0.2) is 71.4 Å². The molecule has 28 heavy (non-hydrogen) atoms. The maximum absolute atomic E-state index is 12.6. The number of amides is 4. The molecule has 0 heterocycles. The lowest BCUT2D eigenvalue weighted by molar-refractivity contribution is -0.138. The van der Waals surface area contributed by atoms with E-state index in [9.17, 15) is 24.0 Å². The molecule has 0 radical (unpaired) electrons. The van der Waals surface area contributed by atoms with Gasteiger partial charge in [-0.25, -0.2) is 0 Å². The van der Waals surface area contributed by atoms with E-state index in [1.807, 2.05) is 6.26 Å². The Morgan fingerprint density at radius 3 is 2.04 bits per heavy atom. The Labute approximate surface area is 167 Å². The van der Waals surface area contributed by atoms with Gasteiger partial charge in [-0.2, -0.15) is 11.8 Å². The fraction of sp³-hybridized carbons (Fsp3) is 0.688. The standard InChI is InChI=1S/C16H29N5O6S/c1-8(2)13(18)16(27)20-9(4-5-28-3)15(26)21-10(6-11(17)22)14(25)19-7-12(23)24/h8-10,13H,4-7,18H2,1-3H3,(H2,17,22)(H,19,25)(H,20,27)(H,21,26)(H,23,24). The molecule has 0 spiro atoms. The minimum Gasteiger partial charge on any atom is -0.480 e. The monoisotopic (exact) mass is 419 g/mol. The summed E-state index contributed by atoms with van der Waals surface area (Å²) in [6, 6.07) is -3.16. The van der Waals surface area contributed by atoms with Crippen LogP contribution in [0, 0.1) is 5.92 Å². The first-order valence-corrected chi connectivity index (χ1v) is 10.0. The Hall–Kier alpha value is -2.34. The summed E-state index contributed by atoms with van der Waals surface area (Å²) < 4.78 is 0. The zero-order valence-electron chi connectivity index (χ0n) is 16.2. The largest absolute Gasteiger partial charge is 0.480 e. The smallest absolute Gasteiger partial charge is 0.322 e. The number of rotatable bonds is 13. The van der Waals surface area contributed by atoms with Crippen molar-refractivity contribution in [3.05, 3.63) is 0 Å². The van der Waals surface area contributed by atoms with Crippen LogP contribution in [0.3, 0.4) is 0 Å². The van der Waals surface area contributed by atoms with Gasteiger partial charge in [0.25, 0.3) is 0 Å². The summed E-state index contributed by atoms with van der Waals surface area (Å²) in [4.78, 5) is 58.6. The van der Waals surface area contributed by atoms with E-state index in [4.69, 9.17) is 16.6 Å². The van der Waals surface area contributed by atoms with Gasteiger partial charge in [0.2, 0.25) is 23.6 Å². The van der Waals surface area contributed by atoms with Crippen LogP contribution in [0.1, 0.15) is 26.7 Å². The number of nitrogens with two attached hydrogens (primary N) is 2. The number of aliphatic carboxylic acids is 1. The third-order valence-electron chi connectivity index (χ3n) is 3.72. The summed E-state index contributed by atoms with van der Waals surface area (Å²) in [5, 5.41) is 15.6. The lowest BCUT2D eigenvalue weighted by Gasteiger charge is -2.24. The number of hydrogen-bond donors (Lipinski definition) is 6. The maximum atomic E-state index is 12.6. The van der Waals surface area contributed by atoms with Crippen LogP contribution in [0.25, 0.3) is 0 Å². The Morgan fingerprint density at radius 1 is 1.00 bits per heavy atom. The van der Waals surface area contributed by atoms with Crippen molar-refractivity contribution < 1.29 is 29.1 Å². The second kappa shape index (κ2) is 12.9. The van der Waals surface area contributed by atoms with Crippen molar-refractivity contribution in [2.24, 2.45) is 17.4 Å². The summed E-state index contributed by atoms with van der Waals surface area (Å²) in [6.07, 6.45) is 1.57. The predicted molar refractivity (Wildman–Crippen MR) is 104 cm³/mol. The van der Waals surface area contributed by atoms with E-state index in [2.05, 4.69) is 16.0 Å². The number of thioether (sulfide) groups is 1. The molecule has 0 aliphatic carbocycles. The molecule has 11 nitrogen and oxygen atoms in total. The van der Waals surface area contributed by atoms with Crippen LogP contribution >= 0.6 is 11.8 Å². The van der Waals surface area contributed by atoms with E-state index < -0.39 is 60.7 Å². The molecule has 0 rings (SSSR count). The van der Waals surface area contributed by atoms with Crippen molar-refractivity contribution in [3.63, 3.8) is 0 Å². The quantitative estimate of drug-likeness (QED) is 0.193. The number of carboxylic acid groups (broad SMARTS) is 1. The Balaban J connectivity index is 5.22. The van der Waals surface area contributed by atoms with Crippen LogP contribution in [0.4, 0.5) is 0 Å². The normalized spacial score (nSPS) is 13.9. The molecule has 0 saturated carbocycles. The van der Waals surface area contributed by atoms with Crippen molar-refractivity contribution in [2.45, 2.75) is 44.8 Å². The molecular weight excluding hydrogens is 390 g/mol. The molecule has 3 unspecified atom stereocenters. The molecule has 4 amide bonds. The highest BCUT2D eigenvalue weighted by Crippen LogP contribution is 2.05. The molecule has 0 aliphatic rings. The van der Waals surface area contributed by atoms with E-state index in [-0.39, 0.29) is 12.3 Å². The number of hydrogen-bond acceptors (Lipinski definition) is 7. The first kappa shape index (κ1) is 25.7. The number of carbonyl (C=O) groups excluding carboxylic acids is 4. The number of carbonyl (C=O) groups is 5. The van der Waals surface area contributed by atoms with Gasteiger partial charge in [0.1, 0.15) is 18.6 Å². The van der Waals surface area contributed by atoms with E-state index in [0.29, 0.717) is 5.75 Å². The van der Waals surface area contributed by atoms with Gasteiger partial charge in [0.15, 0.2) is 0 Å². The van der Waals surface area contributed by atoms with Crippen molar-refractivity contribution >= 4 is 41.4 Å². The number of nitrogens with one attached hydrogen (secondary N) is 3. The fourth-order valence-corrected chi connectivity index (χ4v) is 2.52. The summed E-state index contributed by atoms with van der Waals surface area (Å²) in [5.41, 5.74) is 10.9. The van der Waals surface area contributed by atoms with Crippen molar-refractivity contribution in [1.29, 1.82) is 0 Å². The molecule has 0 fully saturated rings. The summed E-state index contributed by atoms with van der Waals surface area (Å²) in [6.45, 7) is 2.84. The van der Waals surface area contributed by atoms with Gasteiger partial charge in [0, 0.05) is 0 Å². The Morgan fingerprint density at radius 2 is 1.57 bits per heavy atom. The van der Waals surface area contributed by atoms with Gasteiger partial charge in [-0.1, -0.05) is 13.8 Å². The second-order valence-corrected chi connectivity index (χ2v) is 7.44. The van der Waals surface area contributed by atoms with E-state index in [0.717, 1.165) is 0 Å². The van der Waals surface area contributed by atoms with Crippen LogP contribution < -0.4 is 27.4 Å². The van der Waals surface area contributed by atoms with Crippen LogP contribution in [-0.2, 0) is 24.0 Å². The molecule has 8 N–H and O–H groups in total. The third-order valence-corrected chi connectivity index (χ3v) is 4.36. The molecule has 0 aromatic heterocycles. The zero-order chi connectivity index (χ0) is 21.9. The summed E-state index contributed by atoms with van der Waals surface area (Å²) >= 11 is 1.46. The van der Waals surface area contributed by atoms with Gasteiger partial charge in [0.05, 0.1) is 12.5 Å². The van der Waals surface area contributed by atoms with Gasteiger partial charge in [-0.15, -0.1) is 0 Å². The van der Waals surface area contributed by atoms with E-state index >= 15 is 0 Å². The average Bonchev–Trinajstić information content (AvgIpc) is 2.60. The van der Waals surface area contributed by atoms with Gasteiger partial charge < -0.3 is 32.5 Å². The molecule has 12 heteroatoms. The topological polar surface area (TPSA) is 194 Å². The highest BCUT2D eigenvalue weighted by Gasteiger charge is 2.29. The first-order chi connectivity index (χ1) is 13.0. The molecule has 0 aliphatic heterocycles. The lowest BCUT2D eigenvalue weighted by atomic mass is 10.0. The van der Waals surface area contributed by atoms with Crippen LogP contribution in [0.15, 0.2) is 0 Å². The van der Waals surface area contributed by atoms with Crippen molar-refractivity contribution in [2.75, 3.05) is 18.6 Å². The van der Waals surface area contributed by atoms with Gasteiger partial charge in [-0.3, -0.25) is 24.0 Å². The minimum atomic E-state index is -1.36. The highest BCUT2D eigenvalue weighted by atomic mass is 32.2. The summed E-state index contributed by atoms with van der Waals surface area (Å²) in [7, 11) is 0. The SMILES string of the molecule is CSCCC(NC(=O)C(N)C(C)C)C(=O)NC(CC(N)=O)C(=O)NCC(=O)O. The molecule has 0 bridgehead atoms. The molecule has 0 aromatic rings. The van der Waals surface area contributed by atoms with E-state index in [1.54, 1.807) is 13.8 Å². The van der Waals surface area contributed by atoms with E-state index in [1.165, 1.54) is 11.8 Å². The summed E-state index contributed by atoms with van der Waals surface area (Å²) in [5.74, 6) is -3.83. The average molecular weight is 420 g/mol. The first-order valence-electron chi connectivity index (χ1n) is 8.62. The highest BCUT2D eigenvalue weighted by molar-refractivity contribution is 7.98. The van der Waals surface area contributed by atoms with Crippen molar-refractivity contribution in [3.8, 4) is 0 Å². The Bertz CT molecular complexity index is 586. The Kier molecular flexibility index (Phi) is 11.9. The molecule has 160 valence electrons. The molecular formula is C16H29N5O6S. The maximum Gasteiger partial charge on any atom is 0.322 e. The molecule has 0 saturated heterocycles.